The number of hydrogen-bond acceptors (Lipinski definition) is 4. The van der Waals surface area contributed by atoms with E-state index in [0.717, 1.165) is 5.69 Å². The summed E-state index contributed by atoms with van der Waals surface area (Å²) >= 11 is 0. The van der Waals surface area contributed by atoms with Crippen LogP contribution in [0.5, 0.6) is 0 Å². The maximum Gasteiger partial charge on any atom is 0.289 e. The summed E-state index contributed by atoms with van der Waals surface area (Å²) in [6.45, 7) is 8.09. The van der Waals surface area contributed by atoms with Crippen molar-refractivity contribution in [3.8, 4) is 0 Å². The van der Waals surface area contributed by atoms with Gasteiger partial charge in [-0.1, -0.05) is 6.07 Å². The van der Waals surface area contributed by atoms with Crippen LogP contribution in [0.15, 0.2) is 41.0 Å². The van der Waals surface area contributed by atoms with Gasteiger partial charge in [-0.15, -0.1) is 0 Å². The van der Waals surface area contributed by atoms with Gasteiger partial charge in [0.1, 0.15) is 6.04 Å². The molecular weight excluding hydrogens is 330 g/mol. The summed E-state index contributed by atoms with van der Waals surface area (Å²) in [5.41, 5.74) is 3.37. The smallest absolute Gasteiger partial charge is 0.289 e. The Morgan fingerprint density at radius 1 is 1.04 bits per heavy atom. The van der Waals surface area contributed by atoms with E-state index in [4.69, 9.17) is 4.42 Å². The Morgan fingerprint density at radius 2 is 1.73 bits per heavy atom. The van der Waals surface area contributed by atoms with Crippen molar-refractivity contribution in [3.05, 3.63) is 53.5 Å². The molecule has 3 rings (SSSR count). The van der Waals surface area contributed by atoms with Crippen LogP contribution < -0.4 is 5.32 Å². The summed E-state index contributed by atoms with van der Waals surface area (Å²) < 4.78 is 5.16. The molecule has 1 saturated heterocycles. The van der Waals surface area contributed by atoms with Crippen LogP contribution in [0.3, 0.4) is 0 Å². The second kappa shape index (κ2) is 7.64. The van der Waals surface area contributed by atoms with E-state index >= 15 is 0 Å². The van der Waals surface area contributed by atoms with Gasteiger partial charge in [0.2, 0.25) is 5.91 Å². The molecule has 1 aliphatic heterocycles. The number of rotatable bonds is 4. The molecule has 6 heteroatoms. The molecule has 2 aromatic rings. The zero-order valence-corrected chi connectivity index (χ0v) is 15.5. The maximum atomic E-state index is 12.7. The molecule has 0 aliphatic carbocycles. The summed E-state index contributed by atoms with van der Waals surface area (Å²) in [6, 6.07) is 9.14. The number of furan rings is 1. The van der Waals surface area contributed by atoms with Crippen LogP contribution in [0.25, 0.3) is 0 Å². The SMILES string of the molecule is Cc1ccc(NC(C)C(=O)N2CCN(C(=O)c3ccco3)CC2)cc1C. The number of hydrogen-bond donors (Lipinski definition) is 1. The molecular formula is C20H25N3O3. The minimum absolute atomic E-state index is 0.0494. The standard InChI is InChI=1S/C20H25N3O3/c1-14-6-7-17(13-15(14)2)21-16(3)19(24)22-8-10-23(11-9-22)20(25)18-5-4-12-26-18/h4-7,12-13,16,21H,8-11H2,1-3H3. The number of nitrogens with one attached hydrogen (secondary N) is 1. The van der Waals surface area contributed by atoms with Crippen LogP contribution in [0, 0.1) is 13.8 Å². The molecule has 1 aromatic carbocycles. The molecule has 1 aromatic heterocycles. The van der Waals surface area contributed by atoms with Gasteiger partial charge < -0.3 is 19.5 Å². The largest absolute Gasteiger partial charge is 0.459 e. The molecule has 1 unspecified atom stereocenters. The van der Waals surface area contributed by atoms with Crippen LogP contribution in [0.2, 0.25) is 0 Å². The zero-order valence-electron chi connectivity index (χ0n) is 15.5. The second-order valence-electron chi connectivity index (χ2n) is 6.76. The highest BCUT2D eigenvalue weighted by molar-refractivity contribution is 5.91. The van der Waals surface area contributed by atoms with Crippen molar-refractivity contribution in [2.75, 3.05) is 31.5 Å². The van der Waals surface area contributed by atoms with Crippen LogP contribution >= 0.6 is 0 Å². The molecule has 6 nitrogen and oxygen atoms in total. The third-order valence-corrected chi connectivity index (χ3v) is 4.87. The molecule has 1 aliphatic rings. The van der Waals surface area contributed by atoms with Crippen LogP contribution in [-0.4, -0.2) is 53.8 Å². The highest BCUT2D eigenvalue weighted by Crippen LogP contribution is 2.16. The predicted octanol–water partition coefficient (Wildman–Crippen LogP) is 2.68. The first kappa shape index (κ1) is 18.0. The summed E-state index contributed by atoms with van der Waals surface area (Å²) in [7, 11) is 0. The van der Waals surface area contributed by atoms with E-state index in [2.05, 4.69) is 25.2 Å². The number of piperazine rings is 1. The van der Waals surface area contributed by atoms with Gasteiger partial charge in [-0.25, -0.2) is 0 Å². The van der Waals surface area contributed by atoms with Gasteiger partial charge in [0.25, 0.3) is 5.91 Å². The van der Waals surface area contributed by atoms with Gasteiger partial charge in [0.15, 0.2) is 5.76 Å². The molecule has 2 heterocycles. The Labute approximate surface area is 153 Å². The van der Waals surface area contributed by atoms with E-state index in [9.17, 15) is 9.59 Å². The molecule has 0 radical (unpaired) electrons. The molecule has 0 bridgehead atoms. The molecule has 26 heavy (non-hydrogen) atoms. The van der Waals surface area contributed by atoms with Crippen molar-refractivity contribution in [3.63, 3.8) is 0 Å². The molecule has 2 amide bonds. The van der Waals surface area contributed by atoms with Crippen molar-refractivity contribution in [1.29, 1.82) is 0 Å². The summed E-state index contributed by atoms with van der Waals surface area (Å²) in [4.78, 5) is 28.5. The maximum absolute atomic E-state index is 12.7. The highest BCUT2D eigenvalue weighted by atomic mass is 16.3. The van der Waals surface area contributed by atoms with Gasteiger partial charge >= 0.3 is 0 Å². The predicted molar refractivity (Wildman–Crippen MR) is 100 cm³/mol. The van der Waals surface area contributed by atoms with Crippen molar-refractivity contribution in [2.24, 2.45) is 0 Å². The van der Waals surface area contributed by atoms with Crippen molar-refractivity contribution in [2.45, 2.75) is 26.8 Å². The number of benzene rings is 1. The Bertz CT molecular complexity index is 778. The van der Waals surface area contributed by atoms with Gasteiger partial charge in [-0.05, 0) is 56.2 Å². The van der Waals surface area contributed by atoms with Gasteiger partial charge in [-0.2, -0.15) is 0 Å². The van der Waals surface area contributed by atoms with Gasteiger partial charge in [0, 0.05) is 31.9 Å². The fourth-order valence-electron chi connectivity index (χ4n) is 3.10. The van der Waals surface area contributed by atoms with Crippen molar-refractivity contribution < 1.29 is 14.0 Å². The lowest BCUT2D eigenvalue weighted by Gasteiger charge is -2.35. The van der Waals surface area contributed by atoms with E-state index in [1.807, 2.05) is 24.0 Å². The lowest BCUT2D eigenvalue weighted by Crippen LogP contribution is -2.53. The van der Waals surface area contributed by atoms with Gasteiger partial charge in [-0.3, -0.25) is 9.59 Å². The number of anilines is 1. The fraction of sp³-hybridized carbons (Fsp3) is 0.400. The topological polar surface area (TPSA) is 65.8 Å². The number of carbonyl (C=O) groups excluding carboxylic acids is 2. The quantitative estimate of drug-likeness (QED) is 0.916. The Morgan fingerprint density at radius 3 is 2.35 bits per heavy atom. The first-order chi connectivity index (χ1) is 12.5. The molecule has 0 spiro atoms. The van der Waals surface area contributed by atoms with Crippen LogP contribution in [0.1, 0.15) is 28.6 Å². The normalized spacial score (nSPS) is 15.7. The molecule has 1 N–H and O–H groups in total. The average molecular weight is 355 g/mol. The zero-order chi connectivity index (χ0) is 18.7. The fourth-order valence-corrected chi connectivity index (χ4v) is 3.10. The Kier molecular flexibility index (Phi) is 5.30. The monoisotopic (exact) mass is 355 g/mol. The summed E-state index contributed by atoms with van der Waals surface area (Å²) in [5.74, 6) is 0.270. The highest BCUT2D eigenvalue weighted by Gasteiger charge is 2.28. The van der Waals surface area contributed by atoms with E-state index in [1.54, 1.807) is 17.0 Å². The summed E-state index contributed by atoms with van der Waals surface area (Å²) in [5, 5.41) is 3.28. The molecule has 1 atom stereocenters. The van der Waals surface area contributed by atoms with Crippen molar-refractivity contribution >= 4 is 17.5 Å². The lowest BCUT2D eigenvalue weighted by atomic mass is 10.1. The molecule has 0 saturated carbocycles. The third-order valence-electron chi connectivity index (χ3n) is 4.87. The van der Waals surface area contributed by atoms with Crippen LogP contribution in [0.4, 0.5) is 5.69 Å². The third kappa shape index (κ3) is 3.90. The first-order valence-corrected chi connectivity index (χ1v) is 8.91. The number of carbonyl (C=O) groups is 2. The number of nitrogens with zero attached hydrogens (tertiary/aromatic N) is 2. The molecule has 1 fully saturated rings. The Balaban J connectivity index is 1.54. The van der Waals surface area contributed by atoms with Crippen molar-refractivity contribution in [1.82, 2.24) is 9.80 Å². The van der Waals surface area contributed by atoms with E-state index < -0.39 is 0 Å². The van der Waals surface area contributed by atoms with Gasteiger partial charge in [0.05, 0.1) is 6.26 Å². The van der Waals surface area contributed by atoms with E-state index in [-0.39, 0.29) is 17.9 Å². The minimum Gasteiger partial charge on any atom is -0.459 e. The lowest BCUT2D eigenvalue weighted by molar-refractivity contribution is -0.133. The van der Waals surface area contributed by atoms with Crippen LogP contribution in [-0.2, 0) is 4.79 Å². The molecule has 138 valence electrons. The number of aryl methyl sites for hydroxylation is 2. The second-order valence-corrected chi connectivity index (χ2v) is 6.76. The number of amides is 2. The Hall–Kier alpha value is -2.76. The van der Waals surface area contributed by atoms with E-state index in [1.165, 1.54) is 17.4 Å². The first-order valence-electron chi connectivity index (χ1n) is 8.91. The summed E-state index contributed by atoms with van der Waals surface area (Å²) in [6.07, 6.45) is 1.49. The van der Waals surface area contributed by atoms with E-state index in [0.29, 0.717) is 31.9 Å². The minimum atomic E-state index is -0.315. The average Bonchev–Trinajstić information content (AvgIpc) is 3.18.